The Kier molecular flexibility index (Phi) is 8.51. The topological polar surface area (TPSA) is 73.0 Å². The molecule has 0 bridgehead atoms. The third kappa shape index (κ3) is 5.95. The van der Waals surface area contributed by atoms with Crippen LogP contribution in [0.5, 0.6) is 11.5 Å². The van der Waals surface area contributed by atoms with Gasteiger partial charge in [-0.1, -0.05) is 56.6 Å². The largest absolute Gasteiger partial charge is 2.00 e. The Bertz CT molecular complexity index is 2710. The normalized spacial score (nSPS) is 11.3. The van der Waals surface area contributed by atoms with Gasteiger partial charge in [0.05, 0.1) is 35.3 Å². The van der Waals surface area contributed by atoms with E-state index in [-0.39, 0.29) is 43.7 Å². The number of ether oxygens (including phenoxy) is 1. The van der Waals surface area contributed by atoms with Crippen LogP contribution in [0.4, 0.5) is 10.1 Å². The minimum atomic E-state index is -0.827. The number of pyridine rings is 2. The number of para-hydroxylation sites is 1. The van der Waals surface area contributed by atoms with Crippen molar-refractivity contribution in [2.75, 3.05) is 0 Å². The van der Waals surface area contributed by atoms with Gasteiger partial charge >= 0.3 is 21.1 Å². The molecule has 0 aliphatic rings. The zero-order chi connectivity index (χ0) is 34.6. The second-order valence-electron chi connectivity index (χ2n) is 13.0. The van der Waals surface area contributed by atoms with E-state index in [9.17, 15) is 5.26 Å². The van der Waals surface area contributed by atoms with E-state index in [2.05, 4.69) is 48.8 Å². The van der Waals surface area contributed by atoms with Gasteiger partial charge in [-0.15, -0.1) is 29.1 Å². The molecule has 0 fully saturated rings. The fourth-order valence-electron chi connectivity index (χ4n) is 6.22. The van der Waals surface area contributed by atoms with Crippen molar-refractivity contribution < 1.29 is 30.2 Å². The van der Waals surface area contributed by atoms with Crippen molar-refractivity contribution in [2.45, 2.75) is 26.2 Å². The quantitative estimate of drug-likeness (QED) is 0.162. The summed E-state index contributed by atoms with van der Waals surface area (Å²) in [5.74, 6) is -0.170. The van der Waals surface area contributed by atoms with Gasteiger partial charge < -0.3 is 18.9 Å². The molecule has 4 heterocycles. The van der Waals surface area contributed by atoms with E-state index in [1.807, 2.05) is 88.1 Å². The van der Waals surface area contributed by atoms with Crippen molar-refractivity contribution in [2.24, 2.45) is 0 Å². The summed E-state index contributed by atoms with van der Waals surface area (Å²) in [4.78, 5) is 12.8. The SMILES string of the molecule is [C-]#[N+]c1cc(-c2cc3ccn(-c4ccccc4)c3cn2)[c-]c(Oc2[c-]c3c(cc2)c2cc(C#N)ccc2n3-c2cc(C(C)(C)C)ccn2)c1F.[Pt+2]. The van der Waals surface area contributed by atoms with Crippen LogP contribution in [0.25, 0.3) is 60.3 Å². The Morgan fingerprint density at radius 2 is 1.73 bits per heavy atom. The van der Waals surface area contributed by atoms with Crippen LogP contribution in [0.1, 0.15) is 31.9 Å². The second-order valence-corrected chi connectivity index (χ2v) is 13.0. The van der Waals surface area contributed by atoms with Crippen LogP contribution in [-0.4, -0.2) is 19.1 Å². The fourth-order valence-corrected chi connectivity index (χ4v) is 6.22. The summed E-state index contributed by atoms with van der Waals surface area (Å²) < 4.78 is 25.9. The Hall–Kier alpha value is -6.08. The summed E-state index contributed by atoms with van der Waals surface area (Å²) in [6, 6.07) is 36.9. The van der Waals surface area contributed by atoms with Crippen molar-refractivity contribution in [3.05, 3.63) is 150 Å². The Morgan fingerprint density at radius 3 is 2.49 bits per heavy atom. The van der Waals surface area contributed by atoms with Gasteiger partial charge in [0.1, 0.15) is 11.5 Å². The first-order valence-corrected chi connectivity index (χ1v) is 15.9. The van der Waals surface area contributed by atoms with Crippen molar-refractivity contribution in [1.82, 2.24) is 19.1 Å². The molecule has 0 spiro atoms. The van der Waals surface area contributed by atoms with Crippen LogP contribution in [0.15, 0.2) is 110 Å². The van der Waals surface area contributed by atoms with Gasteiger partial charge in [0.15, 0.2) is 0 Å². The van der Waals surface area contributed by atoms with Crippen LogP contribution in [0, 0.1) is 35.9 Å². The molecule has 0 atom stereocenters. The van der Waals surface area contributed by atoms with E-state index < -0.39 is 5.82 Å². The molecular weight excluding hydrogens is 819 g/mol. The van der Waals surface area contributed by atoms with Gasteiger partial charge in [-0.3, -0.25) is 9.24 Å². The van der Waals surface area contributed by atoms with E-state index >= 15 is 4.39 Å². The molecule has 0 aliphatic carbocycles. The number of fused-ring (bicyclic) bond motifs is 4. The molecule has 8 rings (SSSR count). The van der Waals surface area contributed by atoms with Crippen LogP contribution in [0.2, 0.25) is 0 Å². The van der Waals surface area contributed by atoms with E-state index in [1.54, 1.807) is 24.5 Å². The Balaban J connectivity index is 0.00000406. The average Bonchev–Trinajstić information content (AvgIpc) is 3.70. The molecule has 0 amide bonds. The maximum Gasteiger partial charge on any atom is 2.00 e. The maximum absolute atomic E-state index is 15.7. The summed E-state index contributed by atoms with van der Waals surface area (Å²) in [5, 5.41) is 12.2. The monoisotopic (exact) mass is 845 g/mol. The summed E-state index contributed by atoms with van der Waals surface area (Å²) in [7, 11) is 0. The predicted octanol–water partition coefficient (Wildman–Crippen LogP) is 10.4. The first-order chi connectivity index (χ1) is 24.2. The summed E-state index contributed by atoms with van der Waals surface area (Å²) >= 11 is 0. The van der Waals surface area contributed by atoms with Crippen LogP contribution >= 0.6 is 0 Å². The van der Waals surface area contributed by atoms with Crippen LogP contribution in [-0.2, 0) is 26.5 Å². The Morgan fingerprint density at radius 1 is 0.902 bits per heavy atom. The number of nitrogens with zero attached hydrogens (tertiary/aromatic N) is 6. The number of nitriles is 1. The molecule has 0 saturated heterocycles. The zero-order valence-electron chi connectivity index (χ0n) is 27.7. The summed E-state index contributed by atoms with van der Waals surface area (Å²) in [5.41, 5.74) is 5.64. The van der Waals surface area contributed by atoms with Crippen molar-refractivity contribution >= 4 is 38.4 Å². The summed E-state index contributed by atoms with van der Waals surface area (Å²) in [6.45, 7) is 14.1. The molecule has 4 aromatic heterocycles. The molecule has 7 nitrogen and oxygen atoms in total. The molecule has 8 aromatic rings. The number of aromatic nitrogens is 4. The van der Waals surface area contributed by atoms with Gasteiger partial charge in [0, 0.05) is 35.5 Å². The van der Waals surface area contributed by atoms with E-state index in [4.69, 9.17) is 16.3 Å². The van der Waals surface area contributed by atoms with E-state index in [0.29, 0.717) is 28.2 Å². The third-order valence-corrected chi connectivity index (χ3v) is 8.79. The standard InChI is InChI=1S/C42H27FN6O.Pt/c1-42(2,3)29-14-16-46-40(22-29)49-36-13-10-26(24-44)18-33(36)32-12-11-31(23-37(32)49)50-39-21-28(20-35(45-4)41(39)43)34-19-27-15-17-48(38(27)25-47-34)30-8-6-5-7-9-30;/h5-20,22,25H,1-3H3;/q-2;+2. The summed E-state index contributed by atoms with van der Waals surface area (Å²) in [6.07, 6.45) is 5.51. The first-order valence-electron chi connectivity index (χ1n) is 15.9. The minimum absolute atomic E-state index is 0. The van der Waals surface area contributed by atoms with Crippen molar-refractivity contribution in [1.29, 1.82) is 5.26 Å². The average molecular weight is 846 g/mol. The van der Waals surface area contributed by atoms with E-state index in [0.717, 1.165) is 38.4 Å². The van der Waals surface area contributed by atoms with Crippen molar-refractivity contribution in [3.8, 4) is 40.3 Å². The van der Waals surface area contributed by atoms with Crippen molar-refractivity contribution in [3.63, 3.8) is 0 Å². The first kappa shape index (κ1) is 33.4. The van der Waals surface area contributed by atoms with Crippen LogP contribution in [0.3, 0.4) is 0 Å². The molecule has 0 unspecified atom stereocenters. The molecule has 51 heavy (non-hydrogen) atoms. The Labute approximate surface area is 308 Å². The zero-order valence-corrected chi connectivity index (χ0v) is 30.0. The smallest absolute Gasteiger partial charge is 0.501 e. The number of hydrogen-bond acceptors (Lipinski definition) is 4. The number of halogens is 1. The molecule has 0 saturated carbocycles. The predicted molar refractivity (Wildman–Crippen MR) is 192 cm³/mol. The molecule has 0 aliphatic heterocycles. The molecule has 0 radical (unpaired) electrons. The van der Waals surface area contributed by atoms with Gasteiger partial charge in [0.2, 0.25) is 0 Å². The number of benzene rings is 4. The molecular formula is C42H27FN6OPt. The van der Waals surface area contributed by atoms with Gasteiger partial charge in [0.25, 0.3) is 0 Å². The maximum atomic E-state index is 15.7. The number of hydrogen-bond donors (Lipinski definition) is 0. The second kappa shape index (κ2) is 13.0. The van der Waals surface area contributed by atoms with Gasteiger partial charge in [-0.05, 0) is 76.0 Å². The minimum Gasteiger partial charge on any atom is -0.501 e. The molecule has 0 N–H and O–H groups in total. The molecule has 9 heteroatoms. The van der Waals surface area contributed by atoms with Gasteiger partial charge in [-0.2, -0.15) is 11.3 Å². The molecule has 4 aromatic carbocycles. The third-order valence-electron chi connectivity index (χ3n) is 8.79. The van der Waals surface area contributed by atoms with E-state index in [1.165, 1.54) is 6.07 Å². The molecule has 248 valence electrons. The number of rotatable bonds is 5. The van der Waals surface area contributed by atoms with Crippen LogP contribution < -0.4 is 4.74 Å². The van der Waals surface area contributed by atoms with Gasteiger partial charge in [-0.25, -0.2) is 4.98 Å². The fraction of sp³-hybridized carbons (Fsp3) is 0.0952.